The molecule has 118 valence electrons. The number of hydrogen-bond donors (Lipinski definition) is 2. The molecule has 0 aromatic carbocycles. The van der Waals surface area contributed by atoms with Gasteiger partial charge in [-0.2, -0.15) is 0 Å². The number of rotatable bonds is 5. The van der Waals surface area contributed by atoms with Crippen molar-refractivity contribution in [2.24, 2.45) is 5.92 Å². The van der Waals surface area contributed by atoms with Crippen LogP contribution >= 0.6 is 0 Å². The number of carbonyl (C=O) groups excluding carboxylic acids is 1. The van der Waals surface area contributed by atoms with Gasteiger partial charge in [0.05, 0.1) is 23.3 Å². The molecule has 2 unspecified atom stereocenters. The van der Waals surface area contributed by atoms with Gasteiger partial charge in [-0.3, -0.25) is 4.79 Å². The van der Waals surface area contributed by atoms with Gasteiger partial charge in [-0.25, -0.2) is 12.7 Å². The van der Waals surface area contributed by atoms with Gasteiger partial charge in [0.2, 0.25) is 15.9 Å². The molecule has 1 aliphatic rings. The van der Waals surface area contributed by atoms with Crippen LogP contribution in [0, 0.1) is 5.92 Å². The number of amides is 1. The fourth-order valence-corrected chi connectivity index (χ4v) is 3.30. The van der Waals surface area contributed by atoms with Crippen molar-refractivity contribution in [1.82, 2.24) is 9.62 Å². The lowest BCUT2D eigenvalue weighted by atomic mass is 9.94. The van der Waals surface area contributed by atoms with E-state index < -0.39 is 21.7 Å². The van der Waals surface area contributed by atoms with Crippen molar-refractivity contribution in [1.29, 1.82) is 0 Å². The number of sulfonamides is 1. The summed E-state index contributed by atoms with van der Waals surface area (Å²) in [4.78, 5) is 12.2. The number of nitrogens with zero attached hydrogens (tertiary/aromatic N) is 1. The Morgan fingerprint density at radius 2 is 2.10 bits per heavy atom. The van der Waals surface area contributed by atoms with E-state index in [-0.39, 0.29) is 24.1 Å². The lowest BCUT2D eigenvalue weighted by Gasteiger charge is -2.35. The Balaban J connectivity index is 2.71. The third-order valence-corrected chi connectivity index (χ3v) is 5.85. The van der Waals surface area contributed by atoms with Gasteiger partial charge in [0.15, 0.2) is 0 Å². The second kappa shape index (κ2) is 6.41. The molecule has 0 radical (unpaired) electrons. The zero-order valence-corrected chi connectivity index (χ0v) is 13.5. The lowest BCUT2D eigenvalue weighted by molar-refractivity contribution is -0.129. The van der Waals surface area contributed by atoms with Gasteiger partial charge in [0, 0.05) is 13.1 Å². The monoisotopic (exact) mass is 306 g/mol. The normalized spacial score (nSPS) is 23.4. The van der Waals surface area contributed by atoms with Crippen LogP contribution in [0.1, 0.15) is 40.5 Å². The Hall–Kier alpha value is -0.660. The molecule has 20 heavy (non-hydrogen) atoms. The van der Waals surface area contributed by atoms with Crippen LogP contribution < -0.4 is 5.32 Å². The summed E-state index contributed by atoms with van der Waals surface area (Å²) in [5.41, 5.74) is -0.719. The van der Waals surface area contributed by atoms with Crippen LogP contribution in [-0.2, 0) is 14.8 Å². The third kappa shape index (κ3) is 4.17. The minimum Gasteiger partial charge on any atom is -0.391 e. The van der Waals surface area contributed by atoms with Crippen LogP contribution in [0.25, 0.3) is 0 Å². The first-order valence-electron chi connectivity index (χ1n) is 7.08. The molecule has 7 heteroatoms. The van der Waals surface area contributed by atoms with Crippen LogP contribution in [0.2, 0.25) is 0 Å². The molecule has 1 heterocycles. The van der Waals surface area contributed by atoms with Gasteiger partial charge < -0.3 is 10.4 Å². The van der Waals surface area contributed by atoms with Gasteiger partial charge in [0.25, 0.3) is 0 Å². The largest absolute Gasteiger partial charge is 0.391 e. The Bertz CT molecular complexity index is 445. The number of aliphatic hydroxyl groups is 1. The standard InChI is InChI=1S/C13H26N2O4S/c1-5-20(18,19)15-8-6-7-11(9-15)12(17)14-13(3,4)10(2)16/h10-11,16H,5-9H2,1-4H3,(H,14,17). The molecule has 0 bridgehead atoms. The average Bonchev–Trinajstić information content (AvgIpc) is 2.38. The summed E-state index contributed by atoms with van der Waals surface area (Å²) in [7, 11) is -3.24. The van der Waals surface area contributed by atoms with E-state index in [0.717, 1.165) is 0 Å². The molecule has 1 aliphatic heterocycles. The Morgan fingerprint density at radius 1 is 1.50 bits per heavy atom. The van der Waals surface area contributed by atoms with Gasteiger partial charge >= 0.3 is 0 Å². The molecule has 0 aromatic rings. The molecule has 0 aliphatic carbocycles. The summed E-state index contributed by atoms with van der Waals surface area (Å²) in [6.45, 7) is 7.44. The summed E-state index contributed by atoms with van der Waals surface area (Å²) >= 11 is 0. The quantitative estimate of drug-likeness (QED) is 0.766. The minimum atomic E-state index is -3.24. The topological polar surface area (TPSA) is 86.7 Å². The van der Waals surface area contributed by atoms with Gasteiger partial charge in [-0.05, 0) is 40.5 Å². The van der Waals surface area contributed by atoms with Crippen LogP contribution in [0.3, 0.4) is 0 Å². The van der Waals surface area contributed by atoms with Crippen LogP contribution in [0.15, 0.2) is 0 Å². The minimum absolute atomic E-state index is 0.0561. The summed E-state index contributed by atoms with van der Waals surface area (Å²) in [6, 6.07) is 0. The maximum atomic E-state index is 12.2. The zero-order valence-electron chi connectivity index (χ0n) is 12.7. The molecule has 0 spiro atoms. The van der Waals surface area contributed by atoms with Crippen molar-refractivity contribution in [2.45, 2.75) is 52.2 Å². The SMILES string of the molecule is CCS(=O)(=O)N1CCCC(C(=O)NC(C)(C)C(C)O)C1. The Labute approximate surface area is 121 Å². The zero-order chi connectivity index (χ0) is 15.6. The van der Waals surface area contributed by atoms with Crippen molar-refractivity contribution < 1.29 is 18.3 Å². The van der Waals surface area contributed by atoms with E-state index in [0.29, 0.717) is 19.4 Å². The fourth-order valence-electron chi connectivity index (χ4n) is 2.12. The summed E-state index contributed by atoms with van der Waals surface area (Å²) in [6.07, 6.45) is 0.690. The summed E-state index contributed by atoms with van der Waals surface area (Å²) in [5, 5.41) is 12.4. The number of piperidine rings is 1. The number of hydrogen-bond acceptors (Lipinski definition) is 4. The molecule has 6 nitrogen and oxygen atoms in total. The van der Waals surface area contributed by atoms with E-state index in [1.165, 1.54) is 4.31 Å². The van der Waals surface area contributed by atoms with Gasteiger partial charge in [0.1, 0.15) is 0 Å². The summed E-state index contributed by atoms with van der Waals surface area (Å²) in [5.74, 6) is -0.476. The second-order valence-corrected chi connectivity index (χ2v) is 8.24. The van der Waals surface area contributed by atoms with Crippen molar-refractivity contribution in [3.63, 3.8) is 0 Å². The molecule has 1 saturated heterocycles. The highest BCUT2D eigenvalue weighted by atomic mass is 32.2. The predicted octanol–water partition coefficient (Wildman–Crippen LogP) is 0.324. The van der Waals surface area contributed by atoms with E-state index in [1.54, 1.807) is 27.7 Å². The van der Waals surface area contributed by atoms with Crippen LogP contribution in [0.5, 0.6) is 0 Å². The second-order valence-electron chi connectivity index (χ2n) is 5.98. The molecule has 1 amide bonds. The molecule has 0 saturated carbocycles. The molecule has 2 atom stereocenters. The Morgan fingerprint density at radius 3 is 2.60 bits per heavy atom. The first-order chi connectivity index (χ1) is 9.10. The lowest BCUT2D eigenvalue weighted by Crippen LogP contribution is -2.55. The van der Waals surface area contributed by atoms with Gasteiger partial charge in [-0.15, -0.1) is 0 Å². The molecule has 1 rings (SSSR count). The average molecular weight is 306 g/mol. The van der Waals surface area contributed by atoms with E-state index in [9.17, 15) is 18.3 Å². The molecular formula is C13H26N2O4S. The highest BCUT2D eigenvalue weighted by Gasteiger charge is 2.34. The molecule has 2 N–H and O–H groups in total. The highest BCUT2D eigenvalue weighted by Crippen LogP contribution is 2.21. The maximum Gasteiger partial charge on any atom is 0.224 e. The van der Waals surface area contributed by atoms with Crippen LogP contribution in [0.4, 0.5) is 0 Å². The van der Waals surface area contributed by atoms with Crippen molar-refractivity contribution >= 4 is 15.9 Å². The van der Waals surface area contributed by atoms with Crippen molar-refractivity contribution in [3.8, 4) is 0 Å². The van der Waals surface area contributed by atoms with E-state index in [1.807, 2.05) is 0 Å². The highest BCUT2D eigenvalue weighted by molar-refractivity contribution is 7.89. The Kier molecular flexibility index (Phi) is 5.57. The maximum absolute atomic E-state index is 12.2. The smallest absolute Gasteiger partial charge is 0.224 e. The third-order valence-electron chi connectivity index (χ3n) is 4.00. The first-order valence-corrected chi connectivity index (χ1v) is 8.69. The summed E-state index contributed by atoms with van der Waals surface area (Å²) < 4.78 is 25.1. The predicted molar refractivity (Wildman–Crippen MR) is 77.7 cm³/mol. The van der Waals surface area contributed by atoms with E-state index in [4.69, 9.17) is 0 Å². The number of carbonyl (C=O) groups is 1. The van der Waals surface area contributed by atoms with Crippen molar-refractivity contribution in [2.75, 3.05) is 18.8 Å². The number of nitrogens with one attached hydrogen (secondary N) is 1. The first kappa shape index (κ1) is 17.4. The fraction of sp³-hybridized carbons (Fsp3) is 0.923. The van der Waals surface area contributed by atoms with E-state index in [2.05, 4.69) is 5.32 Å². The van der Waals surface area contributed by atoms with E-state index >= 15 is 0 Å². The van der Waals surface area contributed by atoms with Crippen LogP contribution in [-0.4, -0.2) is 54.2 Å². The molecular weight excluding hydrogens is 280 g/mol. The molecule has 1 fully saturated rings. The van der Waals surface area contributed by atoms with Gasteiger partial charge in [-0.1, -0.05) is 0 Å². The molecule has 0 aromatic heterocycles. The number of aliphatic hydroxyl groups excluding tert-OH is 1. The van der Waals surface area contributed by atoms with Crippen molar-refractivity contribution in [3.05, 3.63) is 0 Å².